The molecule has 2 aromatic carbocycles. The minimum Gasteiger partial charge on any atom is -0.371 e. The summed E-state index contributed by atoms with van der Waals surface area (Å²) in [5, 5.41) is 0. The van der Waals surface area contributed by atoms with Gasteiger partial charge in [-0.05, 0) is 36.6 Å². The zero-order chi connectivity index (χ0) is 24.8. The van der Waals surface area contributed by atoms with Gasteiger partial charge in [0.05, 0.1) is 0 Å². The molecule has 1 aliphatic heterocycles. The van der Waals surface area contributed by atoms with Gasteiger partial charge in [0.1, 0.15) is 0 Å². The van der Waals surface area contributed by atoms with Crippen LogP contribution >= 0.6 is 0 Å². The number of hydrogen-bond acceptors (Lipinski definition) is 2. The fraction of sp³-hybridized carbons (Fsp3) is 0.483. The maximum atomic E-state index is 12.3. The van der Waals surface area contributed by atoms with Crippen LogP contribution in [0.4, 0.5) is 5.69 Å². The van der Waals surface area contributed by atoms with Gasteiger partial charge in [0.25, 0.3) is 0 Å². The summed E-state index contributed by atoms with van der Waals surface area (Å²) >= 11 is 0. The van der Waals surface area contributed by atoms with Gasteiger partial charge < -0.3 is 9.80 Å². The van der Waals surface area contributed by atoms with Crippen molar-refractivity contribution in [2.24, 2.45) is 0 Å². The Morgan fingerprint density at radius 2 is 1.22 bits per heavy atom. The van der Waals surface area contributed by atoms with Crippen molar-refractivity contribution in [1.82, 2.24) is 4.90 Å². The first-order chi connectivity index (χ1) is 15.7. The van der Waals surface area contributed by atoms with Crippen LogP contribution in [-0.4, -0.2) is 37.0 Å². The maximum Gasteiger partial charge on any atom is 0.246 e. The highest BCUT2D eigenvalue weighted by Crippen LogP contribution is 2.22. The molecule has 3 heteroatoms. The minimum atomic E-state index is 0.111. The van der Waals surface area contributed by atoms with Gasteiger partial charge >= 0.3 is 0 Å². The Bertz CT molecular complexity index is 675. The molecular weight excluding hydrogens is 392 g/mol. The normalized spacial score (nSPS) is 12.5. The second kappa shape index (κ2) is 21.7. The second-order valence-corrected chi connectivity index (χ2v) is 6.25. The van der Waals surface area contributed by atoms with Gasteiger partial charge in [0.15, 0.2) is 0 Å². The summed E-state index contributed by atoms with van der Waals surface area (Å²) in [5.41, 5.74) is 2.30. The SMILES string of the molecule is CC.CC.CC.CC.CN(c1ccccc1)C1CCN(C(=O)/C=C/c2ccccc2)CC1. The third-order valence-corrected chi connectivity index (χ3v) is 4.71. The van der Waals surface area contributed by atoms with Crippen LogP contribution in [-0.2, 0) is 4.79 Å². The Labute approximate surface area is 199 Å². The molecule has 1 saturated heterocycles. The molecule has 1 heterocycles. The number of piperidine rings is 1. The molecular formula is C29H48N2O. The Morgan fingerprint density at radius 1 is 0.781 bits per heavy atom. The third-order valence-electron chi connectivity index (χ3n) is 4.71. The lowest BCUT2D eigenvalue weighted by Crippen LogP contribution is -2.45. The van der Waals surface area contributed by atoms with Crippen LogP contribution in [0.3, 0.4) is 0 Å². The fourth-order valence-electron chi connectivity index (χ4n) is 3.18. The summed E-state index contributed by atoms with van der Waals surface area (Å²) in [4.78, 5) is 16.6. The van der Waals surface area contributed by atoms with Gasteiger partial charge in [-0.15, -0.1) is 0 Å². The molecule has 0 saturated carbocycles. The summed E-state index contributed by atoms with van der Waals surface area (Å²) in [6, 6.07) is 20.9. The van der Waals surface area contributed by atoms with Gasteiger partial charge in [-0.2, -0.15) is 0 Å². The first-order valence-electron chi connectivity index (χ1n) is 12.5. The molecule has 1 aliphatic rings. The second-order valence-electron chi connectivity index (χ2n) is 6.25. The van der Waals surface area contributed by atoms with E-state index in [-0.39, 0.29) is 5.91 Å². The molecule has 1 amide bonds. The molecule has 1 fully saturated rings. The van der Waals surface area contributed by atoms with E-state index in [4.69, 9.17) is 0 Å². The molecule has 3 rings (SSSR count). The number of hydrogen-bond donors (Lipinski definition) is 0. The molecule has 0 radical (unpaired) electrons. The van der Waals surface area contributed by atoms with Crippen LogP contribution in [0.1, 0.15) is 73.8 Å². The largest absolute Gasteiger partial charge is 0.371 e. The van der Waals surface area contributed by atoms with Crippen LogP contribution in [0.5, 0.6) is 0 Å². The van der Waals surface area contributed by atoms with E-state index >= 15 is 0 Å². The lowest BCUT2D eigenvalue weighted by molar-refractivity contribution is -0.126. The van der Waals surface area contributed by atoms with Crippen molar-refractivity contribution < 1.29 is 4.79 Å². The van der Waals surface area contributed by atoms with Crippen molar-refractivity contribution in [3.8, 4) is 0 Å². The molecule has 32 heavy (non-hydrogen) atoms. The first kappa shape index (κ1) is 31.6. The highest BCUT2D eigenvalue weighted by molar-refractivity contribution is 5.91. The lowest BCUT2D eigenvalue weighted by Gasteiger charge is -2.37. The number of likely N-dealkylation sites (tertiary alicyclic amines) is 1. The van der Waals surface area contributed by atoms with Crippen molar-refractivity contribution in [1.29, 1.82) is 0 Å². The number of carbonyl (C=O) groups is 1. The van der Waals surface area contributed by atoms with Gasteiger partial charge in [-0.25, -0.2) is 0 Å². The van der Waals surface area contributed by atoms with Gasteiger partial charge in [-0.3, -0.25) is 4.79 Å². The zero-order valence-corrected chi connectivity index (χ0v) is 22.1. The summed E-state index contributed by atoms with van der Waals surface area (Å²) in [5.74, 6) is 0.111. The van der Waals surface area contributed by atoms with E-state index in [2.05, 4.69) is 36.2 Å². The van der Waals surface area contributed by atoms with E-state index in [1.54, 1.807) is 6.08 Å². The summed E-state index contributed by atoms with van der Waals surface area (Å²) in [6.07, 6.45) is 5.60. The van der Waals surface area contributed by atoms with Gasteiger partial charge in [-0.1, -0.05) is 104 Å². The topological polar surface area (TPSA) is 23.6 Å². The summed E-state index contributed by atoms with van der Waals surface area (Å²) in [6.45, 7) is 17.6. The molecule has 2 aromatic rings. The Hall–Kier alpha value is -2.55. The van der Waals surface area contributed by atoms with E-state index < -0.39 is 0 Å². The molecule has 0 aliphatic carbocycles. The standard InChI is InChI=1S/C21H24N2O.4C2H6/c1-22(19-10-6-3-7-11-19)20-14-16-23(17-15-20)21(24)13-12-18-8-4-2-5-9-18;4*1-2/h2-13,20H,14-17H2,1H3;4*1-2H3/b13-12+;;;;. The summed E-state index contributed by atoms with van der Waals surface area (Å²) < 4.78 is 0. The van der Waals surface area contributed by atoms with Crippen LogP contribution in [0.2, 0.25) is 0 Å². The monoisotopic (exact) mass is 440 g/mol. The van der Waals surface area contributed by atoms with Crippen molar-refractivity contribution >= 4 is 17.7 Å². The van der Waals surface area contributed by atoms with Gasteiger partial charge in [0.2, 0.25) is 5.91 Å². The number of rotatable bonds is 4. The van der Waals surface area contributed by atoms with Crippen LogP contribution < -0.4 is 4.90 Å². The van der Waals surface area contributed by atoms with Crippen molar-refractivity contribution in [3.05, 3.63) is 72.3 Å². The van der Waals surface area contributed by atoms with Gasteiger partial charge in [0, 0.05) is 37.9 Å². The zero-order valence-electron chi connectivity index (χ0n) is 22.1. The minimum absolute atomic E-state index is 0.111. The highest BCUT2D eigenvalue weighted by atomic mass is 16.2. The number of amides is 1. The first-order valence-corrected chi connectivity index (χ1v) is 12.5. The van der Waals surface area contributed by atoms with E-state index in [0.29, 0.717) is 6.04 Å². The predicted molar refractivity (Wildman–Crippen MR) is 145 cm³/mol. The van der Waals surface area contributed by atoms with Crippen molar-refractivity contribution in [2.45, 2.75) is 74.3 Å². The molecule has 0 unspecified atom stereocenters. The number of benzene rings is 2. The predicted octanol–water partition coefficient (Wildman–Crippen LogP) is 7.93. The Kier molecular flexibility index (Phi) is 21.4. The van der Waals surface area contributed by atoms with Crippen LogP contribution in [0.25, 0.3) is 6.08 Å². The number of nitrogens with zero attached hydrogens (tertiary/aromatic N) is 2. The smallest absolute Gasteiger partial charge is 0.246 e. The summed E-state index contributed by atoms with van der Waals surface area (Å²) in [7, 11) is 2.15. The van der Waals surface area contributed by atoms with E-state index in [0.717, 1.165) is 31.5 Å². The maximum absolute atomic E-state index is 12.3. The van der Waals surface area contributed by atoms with E-state index in [1.165, 1.54) is 5.69 Å². The number of anilines is 1. The highest BCUT2D eigenvalue weighted by Gasteiger charge is 2.24. The van der Waals surface area contributed by atoms with E-state index in [9.17, 15) is 4.79 Å². The van der Waals surface area contributed by atoms with E-state index in [1.807, 2.05) is 103 Å². The average molecular weight is 441 g/mol. The van der Waals surface area contributed by atoms with Crippen molar-refractivity contribution in [2.75, 3.05) is 25.0 Å². The molecule has 180 valence electrons. The van der Waals surface area contributed by atoms with Crippen LogP contribution in [0, 0.1) is 0 Å². The van der Waals surface area contributed by atoms with Crippen LogP contribution in [0.15, 0.2) is 66.7 Å². The molecule has 0 bridgehead atoms. The molecule has 0 atom stereocenters. The Morgan fingerprint density at radius 3 is 1.69 bits per heavy atom. The molecule has 0 aromatic heterocycles. The van der Waals surface area contributed by atoms with Crippen molar-refractivity contribution in [3.63, 3.8) is 0 Å². The average Bonchev–Trinajstić information content (AvgIpc) is 2.92. The molecule has 0 spiro atoms. The third kappa shape index (κ3) is 11.7. The fourth-order valence-corrected chi connectivity index (χ4v) is 3.18. The number of para-hydroxylation sites is 1. The molecule has 0 N–H and O–H groups in total. The quantitative estimate of drug-likeness (QED) is 0.451. The number of carbonyl (C=O) groups excluding carboxylic acids is 1. The Balaban J connectivity index is 0. The molecule has 3 nitrogen and oxygen atoms in total. The lowest BCUT2D eigenvalue weighted by atomic mass is 10.0.